The summed E-state index contributed by atoms with van der Waals surface area (Å²) < 4.78 is 13.3. The molecule has 1 fully saturated rings. The molecule has 1 atom stereocenters. The van der Waals surface area contributed by atoms with Crippen LogP contribution in [0.15, 0.2) is 55.2 Å². The molecule has 1 aliphatic rings. The maximum Gasteiger partial charge on any atom is 0.226 e. The molecule has 33 heavy (non-hydrogen) atoms. The molecule has 0 spiro atoms. The normalized spacial score (nSPS) is 15.8. The fourth-order valence-electron chi connectivity index (χ4n) is 3.46. The lowest BCUT2D eigenvalue weighted by molar-refractivity contribution is -0.140. The number of carbonyl (C=O) groups is 2. The zero-order valence-corrected chi connectivity index (χ0v) is 18.4. The Morgan fingerprint density at radius 1 is 1.21 bits per heavy atom. The van der Waals surface area contributed by atoms with Crippen molar-refractivity contribution in [3.63, 3.8) is 0 Å². The molecule has 10 heteroatoms. The number of amides is 2. The van der Waals surface area contributed by atoms with Crippen molar-refractivity contribution in [1.82, 2.24) is 24.6 Å². The summed E-state index contributed by atoms with van der Waals surface area (Å²) in [4.78, 5) is 34.5. The molecule has 0 bridgehead atoms. The average Bonchev–Trinajstić information content (AvgIpc) is 3.37. The van der Waals surface area contributed by atoms with Gasteiger partial charge in [-0.25, -0.2) is 14.6 Å². The molecule has 0 aliphatic carbocycles. The van der Waals surface area contributed by atoms with Crippen molar-refractivity contribution in [2.45, 2.75) is 25.9 Å². The lowest BCUT2D eigenvalue weighted by Crippen LogP contribution is -2.47. The number of aryl methyl sites for hydroxylation is 1. The van der Waals surface area contributed by atoms with Gasteiger partial charge in [-0.05, 0) is 48.9 Å². The second kappa shape index (κ2) is 10.7. The van der Waals surface area contributed by atoms with Crippen molar-refractivity contribution >= 4 is 17.6 Å². The van der Waals surface area contributed by atoms with E-state index in [0.29, 0.717) is 37.9 Å². The summed E-state index contributed by atoms with van der Waals surface area (Å²) in [6.45, 7) is 3.61. The van der Waals surface area contributed by atoms with Crippen LogP contribution in [0.25, 0.3) is 5.69 Å². The fraction of sp³-hybridized carbons (Fsp3) is 0.348. The molecule has 1 N–H and O–H groups in total. The Hall–Kier alpha value is -3.79. The van der Waals surface area contributed by atoms with E-state index in [1.54, 1.807) is 28.2 Å². The summed E-state index contributed by atoms with van der Waals surface area (Å²) in [6.07, 6.45) is 4.74. The van der Waals surface area contributed by atoms with Crippen LogP contribution in [-0.2, 0) is 14.3 Å². The van der Waals surface area contributed by atoms with Crippen LogP contribution in [0.3, 0.4) is 0 Å². The largest absolute Gasteiger partial charge is 0.491 e. The van der Waals surface area contributed by atoms with Gasteiger partial charge in [0.15, 0.2) is 0 Å². The van der Waals surface area contributed by atoms with E-state index in [9.17, 15) is 9.59 Å². The fourth-order valence-corrected chi connectivity index (χ4v) is 3.46. The van der Waals surface area contributed by atoms with Gasteiger partial charge in [0.1, 0.15) is 36.9 Å². The first-order valence-electron chi connectivity index (χ1n) is 10.8. The number of anilines is 1. The van der Waals surface area contributed by atoms with Gasteiger partial charge in [0.25, 0.3) is 0 Å². The standard InChI is InChI=1S/C23H26N6O4/c1-17-8-9-25-21(12-17)27-22(30)6-7-23(31)28-10-11-32-20(13-28)14-33-19-4-2-18(3-5-19)29-16-24-15-26-29/h2-5,8-9,12,15-16,20H,6-7,10-11,13-14H2,1H3,(H,25,27,30). The molecule has 172 valence electrons. The highest BCUT2D eigenvalue weighted by atomic mass is 16.5. The van der Waals surface area contributed by atoms with Crippen LogP contribution >= 0.6 is 0 Å². The number of nitrogens with one attached hydrogen (secondary N) is 1. The smallest absolute Gasteiger partial charge is 0.226 e. The van der Waals surface area contributed by atoms with Gasteiger partial charge in [-0.1, -0.05) is 0 Å². The van der Waals surface area contributed by atoms with Crippen molar-refractivity contribution in [3.8, 4) is 11.4 Å². The number of aromatic nitrogens is 4. The number of morpholine rings is 1. The summed E-state index contributed by atoms with van der Waals surface area (Å²) in [5.41, 5.74) is 1.89. The van der Waals surface area contributed by atoms with Gasteiger partial charge in [-0.15, -0.1) is 0 Å². The van der Waals surface area contributed by atoms with Crippen LogP contribution in [0.2, 0.25) is 0 Å². The highest BCUT2D eigenvalue weighted by Gasteiger charge is 2.25. The predicted octanol–water partition coefficient (Wildman–Crippen LogP) is 2.00. The van der Waals surface area contributed by atoms with E-state index in [4.69, 9.17) is 9.47 Å². The summed E-state index contributed by atoms with van der Waals surface area (Å²) >= 11 is 0. The molecule has 10 nitrogen and oxygen atoms in total. The van der Waals surface area contributed by atoms with E-state index in [1.807, 2.05) is 37.3 Å². The van der Waals surface area contributed by atoms with Crippen molar-refractivity contribution < 1.29 is 19.1 Å². The molecule has 3 heterocycles. The van der Waals surface area contributed by atoms with Gasteiger partial charge in [-0.3, -0.25) is 9.59 Å². The zero-order valence-electron chi connectivity index (χ0n) is 18.4. The molecule has 0 radical (unpaired) electrons. The zero-order chi connectivity index (χ0) is 23.0. The van der Waals surface area contributed by atoms with Gasteiger partial charge in [0.2, 0.25) is 11.8 Å². The molecule has 2 aromatic heterocycles. The molecule has 2 amide bonds. The van der Waals surface area contributed by atoms with Crippen LogP contribution in [0.4, 0.5) is 5.82 Å². The second-order valence-electron chi connectivity index (χ2n) is 7.74. The first-order chi connectivity index (χ1) is 16.1. The Morgan fingerprint density at radius 3 is 2.82 bits per heavy atom. The average molecular weight is 450 g/mol. The van der Waals surface area contributed by atoms with Gasteiger partial charge in [-0.2, -0.15) is 5.10 Å². The van der Waals surface area contributed by atoms with Crippen molar-refractivity contribution in [3.05, 3.63) is 60.8 Å². The minimum atomic E-state index is -0.233. The molecule has 1 unspecified atom stereocenters. The number of ether oxygens (including phenoxy) is 2. The molecule has 0 saturated carbocycles. The van der Waals surface area contributed by atoms with Crippen LogP contribution in [0.5, 0.6) is 5.75 Å². The number of rotatable bonds is 8. The third-order valence-electron chi connectivity index (χ3n) is 5.20. The Morgan fingerprint density at radius 2 is 2.06 bits per heavy atom. The van der Waals surface area contributed by atoms with Crippen LogP contribution < -0.4 is 10.1 Å². The molecular weight excluding hydrogens is 424 g/mol. The van der Waals surface area contributed by atoms with Crippen molar-refractivity contribution in [2.24, 2.45) is 0 Å². The highest BCUT2D eigenvalue weighted by Crippen LogP contribution is 2.16. The monoisotopic (exact) mass is 450 g/mol. The highest BCUT2D eigenvalue weighted by molar-refractivity contribution is 5.92. The Kier molecular flexibility index (Phi) is 7.26. The quantitative estimate of drug-likeness (QED) is 0.559. The van der Waals surface area contributed by atoms with Crippen LogP contribution in [-0.4, -0.2) is 68.9 Å². The second-order valence-corrected chi connectivity index (χ2v) is 7.74. The van der Waals surface area contributed by atoms with Crippen molar-refractivity contribution in [2.75, 3.05) is 31.6 Å². The topological polar surface area (TPSA) is 111 Å². The Balaban J connectivity index is 1.21. The molecule has 3 aromatic rings. The number of hydrogen-bond acceptors (Lipinski definition) is 7. The number of pyridine rings is 1. The van der Waals surface area contributed by atoms with E-state index < -0.39 is 0 Å². The first kappa shape index (κ1) is 22.4. The maximum atomic E-state index is 12.6. The SMILES string of the molecule is Cc1ccnc(NC(=O)CCC(=O)N2CCOC(COc3ccc(-n4cncn4)cc3)C2)c1. The van der Waals surface area contributed by atoms with Gasteiger partial charge < -0.3 is 19.7 Å². The molecule has 1 saturated heterocycles. The number of nitrogens with zero attached hydrogens (tertiary/aromatic N) is 5. The van der Waals surface area contributed by atoms with Gasteiger partial charge in [0.05, 0.1) is 18.8 Å². The summed E-state index contributed by atoms with van der Waals surface area (Å²) in [5.74, 6) is 0.884. The minimum absolute atomic E-state index is 0.0761. The molecular formula is C23H26N6O4. The van der Waals surface area contributed by atoms with E-state index >= 15 is 0 Å². The van der Waals surface area contributed by atoms with Crippen LogP contribution in [0.1, 0.15) is 18.4 Å². The van der Waals surface area contributed by atoms with E-state index in [2.05, 4.69) is 20.4 Å². The Labute approximate surface area is 191 Å². The third kappa shape index (κ3) is 6.36. The predicted molar refractivity (Wildman–Crippen MR) is 120 cm³/mol. The lowest BCUT2D eigenvalue weighted by Gasteiger charge is -2.33. The van der Waals surface area contributed by atoms with Gasteiger partial charge >= 0.3 is 0 Å². The van der Waals surface area contributed by atoms with E-state index in [0.717, 1.165) is 11.3 Å². The molecule has 4 rings (SSSR count). The summed E-state index contributed by atoms with van der Waals surface area (Å²) in [5, 5.41) is 6.82. The number of carbonyl (C=O) groups excluding carboxylic acids is 2. The third-order valence-corrected chi connectivity index (χ3v) is 5.20. The number of benzene rings is 1. The molecule has 1 aromatic carbocycles. The Bertz CT molecular complexity index is 1070. The summed E-state index contributed by atoms with van der Waals surface area (Å²) in [6, 6.07) is 11.1. The van der Waals surface area contributed by atoms with E-state index in [1.165, 1.54) is 6.33 Å². The maximum absolute atomic E-state index is 12.6. The van der Waals surface area contributed by atoms with E-state index in [-0.39, 0.29) is 30.8 Å². The molecule has 1 aliphatic heterocycles. The lowest BCUT2D eigenvalue weighted by atomic mass is 10.2. The van der Waals surface area contributed by atoms with Crippen molar-refractivity contribution in [1.29, 1.82) is 0 Å². The van der Waals surface area contributed by atoms with Gasteiger partial charge in [0, 0.05) is 25.6 Å². The minimum Gasteiger partial charge on any atom is -0.491 e. The first-order valence-corrected chi connectivity index (χ1v) is 10.8. The number of hydrogen-bond donors (Lipinski definition) is 1. The van der Waals surface area contributed by atoms with Crippen LogP contribution in [0, 0.1) is 6.92 Å². The summed E-state index contributed by atoms with van der Waals surface area (Å²) in [7, 11) is 0.